The predicted octanol–water partition coefficient (Wildman–Crippen LogP) is 0.424. The molecule has 1 aliphatic heterocycles. The van der Waals surface area contributed by atoms with Crippen molar-refractivity contribution in [1.82, 2.24) is 5.32 Å². The van der Waals surface area contributed by atoms with Gasteiger partial charge in [0.1, 0.15) is 0 Å². The lowest BCUT2D eigenvalue weighted by Gasteiger charge is -2.17. The van der Waals surface area contributed by atoms with Crippen molar-refractivity contribution in [3.8, 4) is 0 Å². The lowest BCUT2D eigenvalue weighted by Crippen LogP contribution is -2.37. The summed E-state index contributed by atoms with van der Waals surface area (Å²) in [4.78, 5) is 11.8. The van der Waals surface area contributed by atoms with Gasteiger partial charge in [-0.1, -0.05) is 13.8 Å². The largest absolute Gasteiger partial charge is 0.349 e. The monoisotopic (exact) mass is 274 g/mol. The molecule has 104 valence electrons. The zero-order valence-corrected chi connectivity index (χ0v) is 11.7. The summed E-state index contributed by atoms with van der Waals surface area (Å²) in [6, 6.07) is -0.389. The van der Waals surface area contributed by atoms with Crippen LogP contribution in [-0.4, -0.2) is 32.7 Å². The Labute approximate surface area is 109 Å². The van der Waals surface area contributed by atoms with Crippen molar-refractivity contribution in [3.05, 3.63) is 11.5 Å². The van der Waals surface area contributed by atoms with E-state index >= 15 is 0 Å². The van der Waals surface area contributed by atoms with Crippen LogP contribution >= 0.6 is 0 Å². The number of carbonyl (C=O) groups excluding carboxylic acids is 1. The third-order valence-electron chi connectivity index (χ3n) is 2.89. The van der Waals surface area contributed by atoms with E-state index in [1.54, 1.807) is 0 Å². The van der Waals surface area contributed by atoms with Gasteiger partial charge in [0.2, 0.25) is 5.91 Å². The first kappa shape index (κ1) is 15.2. The van der Waals surface area contributed by atoms with Crippen LogP contribution in [0.15, 0.2) is 11.5 Å². The fourth-order valence-electron chi connectivity index (χ4n) is 2.12. The summed E-state index contributed by atoms with van der Waals surface area (Å²) in [5.41, 5.74) is 5.63. The molecular formula is C12H22N2O3S. The first-order valence-corrected chi connectivity index (χ1v) is 7.94. The Morgan fingerprint density at radius 1 is 1.50 bits per heavy atom. The van der Waals surface area contributed by atoms with Gasteiger partial charge in [-0.05, 0) is 30.9 Å². The molecule has 0 radical (unpaired) electrons. The summed E-state index contributed by atoms with van der Waals surface area (Å²) in [6.07, 6.45) is 2.79. The van der Waals surface area contributed by atoms with E-state index in [1.165, 1.54) is 6.08 Å². The number of sulfone groups is 1. The minimum absolute atomic E-state index is 0.0315. The molecule has 1 aliphatic rings. The van der Waals surface area contributed by atoms with E-state index in [2.05, 4.69) is 19.2 Å². The van der Waals surface area contributed by atoms with E-state index < -0.39 is 9.84 Å². The highest BCUT2D eigenvalue weighted by molar-refractivity contribution is 7.94. The standard InChI is InChI=1S/C12H22N2O3S/c1-9(2)5-10(7-13)6-12(15)14-11-3-4-18(16,17)8-11/h3-4,9-11H,5-8,13H2,1-2H3,(H,14,15)/t10-,11?/m0/s1. The van der Waals surface area contributed by atoms with Crippen LogP contribution in [0, 0.1) is 11.8 Å². The van der Waals surface area contributed by atoms with E-state index in [-0.39, 0.29) is 23.6 Å². The van der Waals surface area contributed by atoms with Crippen LogP contribution < -0.4 is 11.1 Å². The molecule has 0 saturated heterocycles. The smallest absolute Gasteiger partial charge is 0.220 e. The second kappa shape index (κ2) is 6.33. The molecule has 2 atom stereocenters. The van der Waals surface area contributed by atoms with Crippen molar-refractivity contribution >= 4 is 15.7 Å². The third kappa shape index (κ3) is 5.18. The van der Waals surface area contributed by atoms with Crippen LogP contribution in [0.2, 0.25) is 0 Å². The molecule has 3 N–H and O–H groups in total. The van der Waals surface area contributed by atoms with Gasteiger partial charge in [0.05, 0.1) is 11.8 Å². The molecule has 1 rings (SSSR count). The third-order valence-corrected chi connectivity index (χ3v) is 4.28. The van der Waals surface area contributed by atoms with Crippen molar-refractivity contribution in [2.75, 3.05) is 12.3 Å². The Balaban J connectivity index is 2.40. The summed E-state index contributed by atoms with van der Waals surface area (Å²) >= 11 is 0. The maximum Gasteiger partial charge on any atom is 0.220 e. The zero-order valence-electron chi connectivity index (χ0n) is 10.9. The molecule has 0 aromatic heterocycles. The second-order valence-corrected chi connectivity index (χ2v) is 7.20. The molecule has 1 heterocycles. The maximum absolute atomic E-state index is 11.8. The molecule has 6 heteroatoms. The number of rotatable bonds is 6. The van der Waals surface area contributed by atoms with Crippen LogP contribution in [0.1, 0.15) is 26.7 Å². The lowest BCUT2D eigenvalue weighted by atomic mass is 9.94. The SMILES string of the molecule is CC(C)C[C@H](CN)CC(=O)NC1C=CS(=O)(=O)C1. The summed E-state index contributed by atoms with van der Waals surface area (Å²) < 4.78 is 22.4. The fraction of sp³-hybridized carbons (Fsp3) is 0.750. The Kier molecular flexibility index (Phi) is 5.34. The molecule has 18 heavy (non-hydrogen) atoms. The van der Waals surface area contributed by atoms with Crippen molar-refractivity contribution in [2.45, 2.75) is 32.7 Å². The van der Waals surface area contributed by atoms with Gasteiger partial charge in [0, 0.05) is 11.8 Å². The van der Waals surface area contributed by atoms with Crippen molar-refractivity contribution in [1.29, 1.82) is 0 Å². The van der Waals surface area contributed by atoms with Crippen LogP contribution in [0.25, 0.3) is 0 Å². The fourth-order valence-corrected chi connectivity index (χ4v) is 3.36. The second-order valence-electron chi connectivity index (χ2n) is 5.27. The normalized spacial score (nSPS) is 23.2. The van der Waals surface area contributed by atoms with Crippen LogP contribution in [0.4, 0.5) is 0 Å². The van der Waals surface area contributed by atoms with E-state index in [0.29, 0.717) is 18.9 Å². The Morgan fingerprint density at radius 2 is 2.17 bits per heavy atom. The zero-order chi connectivity index (χ0) is 13.8. The first-order chi connectivity index (χ1) is 8.32. The van der Waals surface area contributed by atoms with Crippen LogP contribution in [0.5, 0.6) is 0 Å². The molecule has 5 nitrogen and oxygen atoms in total. The van der Waals surface area contributed by atoms with E-state index in [9.17, 15) is 13.2 Å². The quantitative estimate of drug-likeness (QED) is 0.735. The summed E-state index contributed by atoms with van der Waals surface area (Å²) in [7, 11) is -3.11. The Hall–Kier alpha value is -0.880. The van der Waals surface area contributed by atoms with Gasteiger partial charge >= 0.3 is 0 Å². The molecular weight excluding hydrogens is 252 g/mol. The minimum atomic E-state index is -3.11. The Morgan fingerprint density at radius 3 is 2.61 bits per heavy atom. The van der Waals surface area contributed by atoms with Gasteiger partial charge in [-0.3, -0.25) is 4.79 Å². The topological polar surface area (TPSA) is 89.3 Å². The number of hydrogen-bond donors (Lipinski definition) is 2. The molecule has 0 aliphatic carbocycles. The van der Waals surface area contributed by atoms with Gasteiger partial charge in [0.15, 0.2) is 9.84 Å². The predicted molar refractivity (Wildman–Crippen MR) is 71.5 cm³/mol. The number of carbonyl (C=O) groups is 1. The number of hydrogen-bond acceptors (Lipinski definition) is 4. The van der Waals surface area contributed by atoms with Gasteiger partial charge in [-0.25, -0.2) is 8.42 Å². The van der Waals surface area contributed by atoms with Gasteiger partial charge in [-0.15, -0.1) is 0 Å². The highest BCUT2D eigenvalue weighted by atomic mass is 32.2. The molecule has 0 fully saturated rings. The van der Waals surface area contributed by atoms with Crippen molar-refractivity contribution in [2.24, 2.45) is 17.6 Å². The van der Waals surface area contributed by atoms with E-state index in [0.717, 1.165) is 11.8 Å². The van der Waals surface area contributed by atoms with E-state index in [1.807, 2.05) is 0 Å². The van der Waals surface area contributed by atoms with Gasteiger partial charge in [0.25, 0.3) is 0 Å². The Bertz CT molecular complexity index is 415. The summed E-state index contributed by atoms with van der Waals surface area (Å²) in [5, 5.41) is 3.87. The molecule has 0 spiro atoms. The molecule has 0 bridgehead atoms. The number of amides is 1. The van der Waals surface area contributed by atoms with Crippen LogP contribution in [-0.2, 0) is 14.6 Å². The first-order valence-electron chi connectivity index (χ1n) is 6.22. The lowest BCUT2D eigenvalue weighted by molar-refractivity contribution is -0.122. The molecule has 1 unspecified atom stereocenters. The highest BCUT2D eigenvalue weighted by Crippen LogP contribution is 2.15. The van der Waals surface area contributed by atoms with E-state index in [4.69, 9.17) is 5.73 Å². The van der Waals surface area contributed by atoms with Crippen LogP contribution in [0.3, 0.4) is 0 Å². The number of nitrogens with two attached hydrogens (primary N) is 1. The number of nitrogens with one attached hydrogen (secondary N) is 1. The van der Waals surface area contributed by atoms with Gasteiger partial charge < -0.3 is 11.1 Å². The average molecular weight is 274 g/mol. The highest BCUT2D eigenvalue weighted by Gasteiger charge is 2.24. The molecule has 1 amide bonds. The molecule has 0 aromatic rings. The van der Waals surface area contributed by atoms with Gasteiger partial charge in [-0.2, -0.15) is 0 Å². The average Bonchev–Trinajstić information content (AvgIpc) is 2.56. The summed E-state index contributed by atoms with van der Waals surface area (Å²) in [5.74, 6) is 0.499. The summed E-state index contributed by atoms with van der Waals surface area (Å²) in [6.45, 7) is 4.66. The molecule has 0 aromatic carbocycles. The molecule has 0 saturated carbocycles. The van der Waals surface area contributed by atoms with Crippen molar-refractivity contribution < 1.29 is 13.2 Å². The van der Waals surface area contributed by atoms with Crippen molar-refractivity contribution in [3.63, 3.8) is 0 Å². The maximum atomic E-state index is 11.8. The minimum Gasteiger partial charge on any atom is -0.349 e.